The Kier molecular flexibility index (Phi) is 2.86. The summed E-state index contributed by atoms with van der Waals surface area (Å²) in [6.45, 7) is 0.148. The molecule has 0 spiro atoms. The third-order valence-corrected chi connectivity index (χ3v) is 2.72. The third kappa shape index (κ3) is 2.20. The summed E-state index contributed by atoms with van der Waals surface area (Å²) in [5.41, 5.74) is -0.255. The molecular formula is C13H10N2O5. The molecule has 1 aromatic heterocycles. The lowest BCUT2D eigenvalue weighted by Crippen LogP contribution is -2.22. The van der Waals surface area contributed by atoms with Gasteiger partial charge < -0.3 is 14.2 Å². The molecule has 0 N–H and O–H groups in total. The molecule has 7 nitrogen and oxygen atoms in total. The topological polar surface area (TPSA) is 79.7 Å². The molecule has 0 saturated heterocycles. The quantitative estimate of drug-likeness (QED) is 0.593. The van der Waals surface area contributed by atoms with E-state index in [9.17, 15) is 9.59 Å². The molecule has 0 amide bonds. The van der Waals surface area contributed by atoms with Crippen LogP contribution in [0.1, 0.15) is 10.5 Å². The van der Waals surface area contributed by atoms with E-state index >= 15 is 0 Å². The van der Waals surface area contributed by atoms with E-state index in [4.69, 9.17) is 14.2 Å². The van der Waals surface area contributed by atoms with E-state index in [-0.39, 0.29) is 18.0 Å². The summed E-state index contributed by atoms with van der Waals surface area (Å²) in [5, 5.41) is 3.81. The minimum Gasteiger partial charge on any atom is -0.454 e. The number of aryl methyl sites for hydroxylation is 1. The predicted molar refractivity (Wildman–Crippen MR) is 67.0 cm³/mol. The largest absolute Gasteiger partial charge is 0.454 e. The van der Waals surface area contributed by atoms with Gasteiger partial charge in [0.1, 0.15) is 5.75 Å². The number of ether oxygens (including phenoxy) is 3. The van der Waals surface area contributed by atoms with Crippen molar-refractivity contribution in [3.8, 4) is 17.2 Å². The molecule has 20 heavy (non-hydrogen) atoms. The highest BCUT2D eigenvalue weighted by Gasteiger charge is 2.16. The van der Waals surface area contributed by atoms with Crippen LogP contribution in [0.2, 0.25) is 0 Å². The molecule has 1 aromatic carbocycles. The van der Waals surface area contributed by atoms with Gasteiger partial charge in [-0.2, -0.15) is 5.10 Å². The van der Waals surface area contributed by atoms with Crippen LogP contribution in [0, 0.1) is 0 Å². The first-order valence-corrected chi connectivity index (χ1v) is 5.80. The standard InChI is InChI=1S/C13H10N2O5/c1-15-12(16)5-3-9(14-15)13(17)20-8-2-4-10-11(6-8)19-7-18-10/h2-6H,7H2,1H3. The highest BCUT2D eigenvalue weighted by atomic mass is 16.7. The Morgan fingerprint density at radius 2 is 2.05 bits per heavy atom. The molecule has 0 saturated carbocycles. The maximum Gasteiger partial charge on any atom is 0.364 e. The number of carbonyl (C=O) groups is 1. The first kappa shape index (κ1) is 12.2. The molecule has 3 rings (SSSR count). The summed E-state index contributed by atoms with van der Waals surface area (Å²) >= 11 is 0. The number of rotatable bonds is 2. The maximum atomic E-state index is 11.9. The van der Waals surface area contributed by atoms with Crippen molar-refractivity contribution >= 4 is 5.97 Å². The van der Waals surface area contributed by atoms with Gasteiger partial charge in [0.2, 0.25) is 6.79 Å². The van der Waals surface area contributed by atoms with Gasteiger partial charge in [-0.05, 0) is 18.2 Å². The van der Waals surface area contributed by atoms with Gasteiger partial charge in [0, 0.05) is 19.2 Å². The van der Waals surface area contributed by atoms with Crippen molar-refractivity contribution in [1.29, 1.82) is 0 Å². The lowest BCUT2D eigenvalue weighted by Gasteiger charge is -2.05. The molecule has 7 heteroatoms. The average Bonchev–Trinajstić information content (AvgIpc) is 2.89. The summed E-state index contributed by atoms with van der Waals surface area (Å²) in [7, 11) is 1.46. The van der Waals surface area contributed by atoms with Crippen molar-refractivity contribution in [1.82, 2.24) is 9.78 Å². The molecule has 2 heterocycles. The summed E-state index contributed by atoms with van der Waals surface area (Å²) < 4.78 is 16.6. The van der Waals surface area contributed by atoms with Gasteiger partial charge >= 0.3 is 5.97 Å². The zero-order chi connectivity index (χ0) is 14.1. The normalized spacial score (nSPS) is 12.2. The number of fused-ring (bicyclic) bond motifs is 1. The second-order valence-corrected chi connectivity index (χ2v) is 4.09. The fraction of sp³-hybridized carbons (Fsp3) is 0.154. The molecule has 102 valence electrons. The fourth-order valence-electron chi connectivity index (χ4n) is 1.71. The Morgan fingerprint density at radius 3 is 2.85 bits per heavy atom. The van der Waals surface area contributed by atoms with Gasteiger partial charge in [-0.1, -0.05) is 0 Å². The molecule has 0 atom stereocenters. The van der Waals surface area contributed by atoms with E-state index in [0.29, 0.717) is 17.2 Å². The number of esters is 1. The zero-order valence-corrected chi connectivity index (χ0v) is 10.5. The molecule has 0 bridgehead atoms. The number of nitrogens with zero attached hydrogens (tertiary/aromatic N) is 2. The Hall–Kier alpha value is -2.83. The van der Waals surface area contributed by atoms with Crippen LogP contribution < -0.4 is 19.8 Å². The summed E-state index contributed by atoms with van der Waals surface area (Å²) in [4.78, 5) is 23.1. The van der Waals surface area contributed by atoms with E-state index in [1.807, 2.05) is 0 Å². The first-order valence-electron chi connectivity index (χ1n) is 5.80. The third-order valence-electron chi connectivity index (χ3n) is 2.72. The summed E-state index contributed by atoms with van der Waals surface area (Å²) in [6.07, 6.45) is 0. The Morgan fingerprint density at radius 1 is 1.25 bits per heavy atom. The maximum absolute atomic E-state index is 11.9. The van der Waals surface area contributed by atoms with E-state index < -0.39 is 5.97 Å². The van der Waals surface area contributed by atoms with Gasteiger partial charge in [-0.3, -0.25) is 4.79 Å². The molecule has 1 aliphatic heterocycles. The second kappa shape index (κ2) is 4.69. The van der Waals surface area contributed by atoms with Crippen molar-refractivity contribution in [2.45, 2.75) is 0 Å². The summed E-state index contributed by atoms with van der Waals surface area (Å²) in [6, 6.07) is 7.37. The van der Waals surface area contributed by atoms with Crippen molar-refractivity contribution < 1.29 is 19.0 Å². The van der Waals surface area contributed by atoms with Crippen molar-refractivity contribution in [3.63, 3.8) is 0 Å². The minimum atomic E-state index is -0.653. The van der Waals surface area contributed by atoms with E-state index in [1.165, 1.54) is 19.2 Å². The zero-order valence-electron chi connectivity index (χ0n) is 10.5. The van der Waals surface area contributed by atoms with Crippen LogP contribution in [-0.2, 0) is 7.05 Å². The van der Waals surface area contributed by atoms with Gasteiger partial charge in [0.25, 0.3) is 5.56 Å². The van der Waals surface area contributed by atoms with Crippen molar-refractivity contribution in [3.05, 3.63) is 46.4 Å². The van der Waals surface area contributed by atoms with Crippen LogP contribution in [0.15, 0.2) is 35.1 Å². The number of carbonyl (C=O) groups excluding carboxylic acids is 1. The minimum absolute atomic E-state index is 0.0461. The lowest BCUT2D eigenvalue weighted by molar-refractivity contribution is 0.0725. The molecule has 2 aromatic rings. The van der Waals surface area contributed by atoms with Crippen molar-refractivity contribution in [2.75, 3.05) is 6.79 Å². The Bertz CT molecular complexity index is 738. The monoisotopic (exact) mass is 274 g/mol. The highest BCUT2D eigenvalue weighted by Crippen LogP contribution is 2.35. The lowest BCUT2D eigenvalue weighted by atomic mass is 10.3. The van der Waals surface area contributed by atoms with Crippen LogP contribution in [0.3, 0.4) is 0 Å². The van der Waals surface area contributed by atoms with E-state index in [2.05, 4.69) is 5.10 Å². The highest BCUT2D eigenvalue weighted by molar-refractivity contribution is 5.88. The number of benzene rings is 1. The van der Waals surface area contributed by atoms with Crippen LogP contribution >= 0.6 is 0 Å². The van der Waals surface area contributed by atoms with Crippen LogP contribution in [-0.4, -0.2) is 22.5 Å². The first-order chi connectivity index (χ1) is 9.63. The van der Waals surface area contributed by atoms with Gasteiger partial charge in [-0.25, -0.2) is 9.48 Å². The van der Waals surface area contributed by atoms with E-state index in [0.717, 1.165) is 4.68 Å². The SMILES string of the molecule is Cn1nc(C(=O)Oc2ccc3c(c2)OCO3)ccc1=O. The van der Waals surface area contributed by atoms with E-state index in [1.54, 1.807) is 18.2 Å². The van der Waals surface area contributed by atoms with Gasteiger partial charge in [0.05, 0.1) is 0 Å². The van der Waals surface area contributed by atoms with Gasteiger partial charge in [0.15, 0.2) is 17.2 Å². The van der Waals surface area contributed by atoms with Gasteiger partial charge in [-0.15, -0.1) is 0 Å². The second-order valence-electron chi connectivity index (χ2n) is 4.09. The molecule has 0 fully saturated rings. The Balaban J connectivity index is 1.82. The molecule has 1 aliphatic rings. The van der Waals surface area contributed by atoms with Crippen LogP contribution in [0.5, 0.6) is 17.2 Å². The van der Waals surface area contributed by atoms with Crippen LogP contribution in [0.4, 0.5) is 0 Å². The van der Waals surface area contributed by atoms with Crippen LogP contribution in [0.25, 0.3) is 0 Å². The van der Waals surface area contributed by atoms with Crippen molar-refractivity contribution in [2.24, 2.45) is 7.05 Å². The number of aromatic nitrogens is 2. The fourth-order valence-corrected chi connectivity index (χ4v) is 1.71. The smallest absolute Gasteiger partial charge is 0.364 e. The molecule has 0 radical (unpaired) electrons. The number of hydrogen-bond acceptors (Lipinski definition) is 6. The molecule has 0 unspecified atom stereocenters. The molecule has 0 aliphatic carbocycles. The Labute approximate surface area is 113 Å². The average molecular weight is 274 g/mol. The summed E-state index contributed by atoms with van der Waals surface area (Å²) in [5.74, 6) is 0.781. The number of hydrogen-bond donors (Lipinski definition) is 0. The predicted octanol–water partition coefficient (Wildman–Crippen LogP) is 0.728. The molecular weight excluding hydrogens is 264 g/mol.